The molecular formula is C20H26N2O3. The molecule has 1 aromatic heterocycles. The molecule has 5 heteroatoms. The average Bonchev–Trinajstić information content (AvgIpc) is 2.87. The summed E-state index contributed by atoms with van der Waals surface area (Å²) in [6.45, 7) is 6.88. The van der Waals surface area contributed by atoms with E-state index in [0.29, 0.717) is 13.1 Å². The van der Waals surface area contributed by atoms with E-state index in [1.54, 1.807) is 4.57 Å². The Morgan fingerprint density at radius 1 is 1.24 bits per heavy atom. The highest BCUT2D eigenvalue weighted by molar-refractivity contribution is 5.94. The molecule has 0 spiro atoms. The second-order valence-corrected chi connectivity index (χ2v) is 8.36. The number of fused-ring (bicyclic) bond motifs is 5. The van der Waals surface area contributed by atoms with E-state index in [1.165, 1.54) is 0 Å². The maximum Gasteiger partial charge on any atom is 0.419 e. The molecule has 1 fully saturated rings. The molecule has 1 aromatic carbocycles. The fourth-order valence-corrected chi connectivity index (χ4v) is 4.48. The lowest BCUT2D eigenvalue weighted by atomic mass is 9.90. The minimum absolute atomic E-state index is 0.155. The Kier molecular flexibility index (Phi) is 3.71. The van der Waals surface area contributed by atoms with Gasteiger partial charge in [0.2, 0.25) is 0 Å². The van der Waals surface area contributed by atoms with E-state index in [4.69, 9.17) is 4.74 Å². The van der Waals surface area contributed by atoms with Crippen LogP contribution in [0.4, 0.5) is 4.79 Å². The van der Waals surface area contributed by atoms with E-state index < -0.39 is 5.60 Å². The van der Waals surface area contributed by atoms with Gasteiger partial charge in [-0.3, -0.25) is 0 Å². The summed E-state index contributed by atoms with van der Waals surface area (Å²) in [6, 6.07) is 7.80. The van der Waals surface area contributed by atoms with E-state index in [2.05, 4.69) is 6.07 Å². The van der Waals surface area contributed by atoms with Crippen LogP contribution in [0.2, 0.25) is 0 Å². The number of para-hydroxylation sites is 1. The quantitative estimate of drug-likeness (QED) is 0.522. The van der Waals surface area contributed by atoms with Crippen molar-refractivity contribution >= 4 is 17.0 Å². The third-order valence-corrected chi connectivity index (χ3v) is 5.48. The molecule has 5 nitrogen and oxygen atoms in total. The van der Waals surface area contributed by atoms with Crippen LogP contribution in [0.15, 0.2) is 24.3 Å². The van der Waals surface area contributed by atoms with Crippen molar-refractivity contribution in [2.75, 3.05) is 13.1 Å². The smallest absolute Gasteiger partial charge is 0.419 e. The summed E-state index contributed by atoms with van der Waals surface area (Å²) in [4.78, 5) is 13.0. The van der Waals surface area contributed by atoms with Crippen LogP contribution >= 0.6 is 0 Å². The molecule has 25 heavy (non-hydrogen) atoms. The van der Waals surface area contributed by atoms with Gasteiger partial charge in [0.25, 0.3) is 0 Å². The predicted molar refractivity (Wildman–Crippen MR) is 97.2 cm³/mol. The van der Waals surface area contributed by atoms with Crippen LogP contribution < -0.4 is 0 Å². The van der Waals surface area contributed by atoms with Gasteiger partial charge in [-0.05, 0) is 45.2 Å². The number of ether oxygens (including phenoxy) is 1. The van der Waals surface area contributed by atoms with Gasteiger partial charge in [-0.15, -0.1) is 0 Å². The molecule has 134 valence electrons. The van der Waals surface area contributed by atoms with E-state index in [0.717, 1.165) is 47.8 Å². The highest BCUT2D eigenvalue weighted by atomic mass is 16.6. The molecule has 0 saturated carbocycles. The molecule has 0 N–H and O–H groups in total. The first kappa shape index (κ1) is 16.6. The van der Waals surface area contributed by atoms with Crippen LogP contribution in [0.5, 0.6) is 0 Å². The van der Waals surface area contributed by atoms with Crippen molar-refractivity contribution in [2.24, 2.45) is 0 Å². The molecule has 2 aromatic rings. The SMILES string of the molecule is CC(C)(C)OC(=O)n1c2c(c3ccccc31)CC[N@@+]1([O-])CCCC[C@@H]21. The number of aromatic nitrogens is 1. The molecule has 0 aliphatic carbocycles. The van der Waals surface area contributed by atoms with Crippen LogP contribution in [0.3, 0.4) is 0 Å². The van der Waals surface area contributed by atoms with Crippen molar-refractivity contribution in [3.63, 3.8) is 0 Å². The molecule has 0 bridgehead atoms. The summed E-state index contributed by atoms with van der Waals surface area (Å²) in [5.74, 6) is 0. The van der Waals surface area contributed by atoms with Gasteiger partial charge < -0.3 is 14.6 Å². The van der Waals surface area contributed by atoms with Crippen LogP contribution in [0, 0.1) is 5.21 Å². The van der Waals surface area contributed by atoms with E-state index in [1.807, 2.05) is 39.0 Å². The number of rotatable bonds is 0. The first-order valence-electron chi connectivity index (χ1n) is 9.23. The lowest BCUT2D eigenvalue weighted by Crippen LogP contribution is -2.53. The Hall–Kier alpha value is -1.85. The van der Waals surface area contributed by atoms with Gasteiger partial charge >= 0.3 is 6.09 Å². The lowest BCUT2D eigenvalue weighted by Gasteiger charge is -2.53. The van der Waals surface area contributed by atoms with Crippen molar-refractivity contribution < 1.29 is 14.2 Å². The van der Waals surface area contributed by atoms with Crippen molar-refractivity contribution in [1.82, 2.24) is 4.57 Å². The topological polar surface area (TPSA) is 54.3 Å². The number of carbonyl (C=O) groups is 1. The van der Waals surface area contributed by atoms with Crippen molar-refractivity contribution in [2.45, 2.75) is 58.1 Å². The fraction of sp³-hybridized carbons (Fsp3) is 0.550. The first-order chi connectivity index (χ1) is 11.8. The molecule has 0 unspecified atom stereocenters. The van der Waals surface area contributed by atoms with E-state index >= 15 is 0 Å². The van der Waals surface area contributed by atoms with Crippen molar-refractivity contribution in [3.8, 4) is 0 Å². The maximum atomic E-state index is 13.4. The third kappa shape index (κ3) is 2.66. The van der Waals surface area contributed by atoms with Gasteiger partial charge in [0.15, 0.2) is 0 Å². The Balaban J connectivity index is 1.93. The summed E-state index contributed by atoms with van der Waals surface area (Å²) >= 11 is 0. The zero-order valence-electron chi connectivity index (χ0n) is 15.2. The molecule has 2 atom stereocenters. The molecule has 1 saturated heterocycles. The zero-order chi connectivity index (χ0) is 17.8. The van der Waals surface area contributed by atoms with E-state index in [-0.39, 0.29) is 16.8 Å². The Morgan fingerprint density at radius 2 is 2.00 bits per heavy atom. The normalized spacial score (nSPS) is 26.2. The van der Waals surface area contributed by atoms with Gasteiger partial charge in [-0.1, -0.05) is 18.2 Å². The van der Waals surface area contributed by atoms with Gasteiger partial charge in [0.1, 0.15) is 11.6 Å². The van der Waals surface area contributed by atoms with Crippen LogP contribution in [0.25, 0.3) is 10.9 Å². The second-order valence-electron chi connectivity index (χ2n) is 8.36. The molecule has 0 radical (unpaired) electrons. The Bertz CT molecular complexity index is 833. The summed E-state index contributed by atoms with van der Waals surface area (Å²) in [5.41, 5.74) is 2.36. The summed E-state index contributed by atoms with van der Waals surface area (Å²) in [6.07, 6.45) is 3.22. The van der Waals surface area contributed by atoms with Crippen LogP contribution in [-0.4, -0.2) is 34.0 Å². The van der Waals surface area contributed by atoms with Crippen molar-refractivity contribution in [1.29, 1.82) is 0 Å². The van der Waals surface area contributed by atoms with Crippen LogP contribution in [-0.2, 0) is 11.2 Å². The Labute approximate surface area is 148 Å². The molecule has 3 heterocycles. The number of nitrogens with zero attached hydrogens (tertiary/aromatic N) is 2. The minimum Gasteiger partial charge on any atom is -0.632 e. The molecular weight excluding hydrogens is 316 g/mol. The molecule has 2 aliphatic heterocycles. The predicted octanol–water partition coefficient (Wildman–Crippen LogP) is 4.52. The average molecular weight is 342 g/mol. The summed E-state index contributed by atoms with van der Waals surface area (Å²) in [7, 11) is 0. The highest BCUT2D eigenvalue weighted by Gasteiger charge is 2.43. The Morgan fingerprint density at radius 3 is 2.76 bits per heavy atom. The maximum absolute atomic E-state index is 13.4. The number of hydrogen-bond donors (Lipinski definition) is 0. The summed E-state index contributed by atoms with van der Waals surface area (Å²) < 4.78 is 7.19. The van der Waals surface area contributed by atoms with E-state index in [9.17, 15) is 10.0 Å². The number of quaternary nitrogens is 1. The van der Waals surface area contributed by atoms with Gasteiger partial charge in [-0.2, -0.15) is 0 Å². The largest absolute Gasteiger partial charge is 0.632 e. The standard InChI is InChI=1S/C20H26N2O3/c1-20(2,3)25-19(23)21-16-9-5-4-8-14(16)15-11-13-22(24)12-7-6-10-17(22)18(15)21/h4-5,8-9,17H,6-7,10-13H2,1-3H3/t17-,22-/m0/s1. The van der Waals surface area contributed by atoms with Crippen molar-refractivity contribution in [3.05, 3.63) is 40.7 Å². The number of hydrogen-bond acceptors (Lipinski definition) is 3. The summed E-state index contributed by atoms with van der Waals surface area (Å²) in [5, 5.41) is 14.5. The minimum atomic E-state index is -0.569. The second kappa shape index (κ2) is 5.58. The number of benzene rings is 1. The van der Waals surface area contributed by atoms with Gasteiger partial charge in [-0.25, -0.2) is 9.36 Å². The number of piperidine rings is 1. The third-order valence-electron chi connectivity index (χ3n) is 5.48. The highest BCUT2D eigenvalue weighted by Crippen LogP contribution is 2.45. The number of hydroxylamine groups is 3. The zero-order valence-corrected chi connectivity index (χ0v) is 15.2. The van der Waals surface area contributed by atoms with Crippen LogP contribution in [0.1, 0.15) is 57.3 Å². The molecule has 4 rings (SSSR count). The monoisotopic (exact) mass is 342 g/mol. The molecule has 2 aliphatic rings. The number of carbonyl (C=O) groups excluding carboxylic acids is 1. The van der Waals surface area contributed by atoms with Gasteiger partial charge in [0.05, 0.1) is 24.3 Å². The first-order valence-corrected chi connectivity index (χ1v) is 9.23. The lowest BCUT2D eigenvalue weighted by molar-refractivity contribution is -0.919. The fourth-order valence-electron chi connectivity index (χ4n) is 4.48. The molecule has 0 amide bonds. The van der Waals surface area contributed by atoms with Gasteiger partial charge in [0, 0.05) is 18.2 Å².